The molecule has 0 saturated heterocycles. The zero-order valence-corrected chi connectivity index (χ0v) is 19.3. The Bertz CT molecular complexity index is 1130. The van der Waals surface area contributed by atoms with Crippen LogP contribution >= 0.6 is 0 Å². The van der Waals surface area contributed by atoms with E-state index >= 15 is 0 Å². The van der Waals surface area contributed by atoms with Crippen molar-refractivity contribution in [2.45, 2.75) is 26.4 Å². The monoisotopic (exact) mass is 460 g/mol. The minimum absolute atomic E-state index is 0.130. The second kappa shape index (κ2) is 10.7. The molecule has 1 heterocycles. The Morgan fingerprint density at radius 2 is 1.68 bits per heavy atom. The lowest BCUT2D eigenvalue weighted by atomic mass is 10.1. The molecule has 2 amide bonds. The summed E-state index contributed by atoms with van der Waals surface area (Å²) in [6.45, 7) is 4.74. The summed E-state index contributed by atoms with van der Waals surface area (Å²) < 4.78 is 17.2. The number of carbonyl (C=O) groups excluding carboxylic acids is 2. The molecule has 3 aromatic carbocycles. The van der Waals surface area contributed by atoms with Crippen LogP contribution in [0.1, 0.15) is 18.9 Å². The maximum Gasteiger partial charge on any atom is 0.267 e. The lowest BCUT2D eigenvalue weighted by Crippen LogP contribution is -2.46. The van der Waals surface area contributed by atoms with Crippen molar-refractivity contribution in [1.29, 1.82) is 0 Å². The van der Waals surface area contributed by atoms with Gasteiger partial charge in [-0.25, -0.2) is 0 Å². The zero-order valence-electron chi connectivity index (χ0n) is 19.3. The van der Waals surface area contributed by atoms with Gasteiger partial charge < -0.3 is 24.4 Å². The van der Waals surface area contributed by atoms with E-state index in [2.05, 4.69) is 5.32 Å². The quantitative estimate of drug-likeness (QED) is 0.505. The van der Waals surface area contributed by atoms with Crippen LogP contribution in [-0.4, -0.2) is 37.7 Å². The van der Waals surface area contributed by atoms with E-state index in [-0.39, 0.29) is 24.8 Å². The van der Waals surface area contributed by atoms with Crippen molar-refractivity contribution in [2.24, 2.45) is 0 Å². The molecule has 0 bridgehead atoms. The fourth-order valence-corrected chi connectivity index (χ4v) is 3.61. The van der Waals surface area contributed by atoms with Crippen LogP contribution in [-0.2, 0) is 9.59 Å². The highest BCUT2D eigenvalue weighted by atomic mass is 16.5. The molecule has 176 valence electrons. The number of nitrogens with one attached hydrogen (secondary N) is 1. The largest absolute Gasteiger partial charge is 0.493 e. The number of fused-ring (bicyclic) bond motifs is 1. The number of nitrogens with zero attached hydrogens (tertiary/aromatic N) is 1. The van der Waals surface area contributed by atoms with Crippen LogP contribution < -0.4 is 24.4 Å². The van der Waals surface area contributed by atoms with Gasteiger partial charge in [0, 0.05) is 11.8 Å². The van der Waals surface area contributed by atoms with Crippen molar-refractivity contribution in [3.63, 3.8) is 0 Å². The van der Waals surface area contributed by atoms with Gasteiger partial charge in [0.25, 0.3) is 5.91 Å². The van der Waals surface area contributed by atoms with Crippen LogP contribution in [0.3, 0.4) is 0 Å². The smallest absolute Gasteiger partial charge is 0.267 e. The minimum atomic E-state index is -0.628. The molecule has 0 aromatic heterocycles. The molecule has 0 saturated carbocycles. The Morgan fingerprint density at radius 3 is 2.44 bits per heavy atom. The second-order valence-electron chi connectivity index (χ2n) is 8.05. The number of anilines is 2. The molecule has 0 spiro atoms. The summed E-state index contributed by atoms with van der Waals surface area (Å²) in [7, 11) is 0. The number of ether oxygens (including phenoxy) is 3. The highest BCUT2D eigenvalue weighted by Crippen LogP contribution is 2.36. The third-order valence-corrected chi connectivity index (χ3v) is 5.40. The van der Waals surface area contributed by atoms with Gasteiger partial charge in [-0.05, 0) is 50.2 Å². The SMILES string of the molecule is Cc1ccc(OCCN2C(=O)C(C)Oc3cc(NC(=O)CCOc4ccccc4)ccc32)cc1. The zero-order chi connectivity index (χ0) is 23.9. The fourth-order valence-electron chi connectivity index (χ4n) is 3.61. The van der Waals surface area contributed by atoms with Gasteiger partial charge in [0.05, 0.1) is 25.3 Å². The van der Waals surface area contributed by atoms with E-state index in [0.29, 0.717) is 30.3 Å². The first kappa shape index (κ1) is 23.2. The summed E-state index contributed by atoms with van der Waals surface area (Å²) >= 11 is 0. The third-order valence-electron chi connectivity index (χ3n) is 5.40. The predicted octanol–water partition coefficient (Wildman–Crippen LogP) is 4.60. The standard InChI is InChI=1S/C27H28N2O5/c1-19-8-11-23(12-9-19)33-17-15-29-24-13-10-21(18-25(24)34-20(2)27(29)31)28-26(30)14-16-32-22-6-4-3-5-7-22/h3-13,18,20H,14-17H2,1-2H3,(H,28,30). The number of hydrogen-bond donors (Lipinski definition) is 1. The van der Waals surface area contributed by atoms with E-state index in [1.807, 2.05) is 61.5 Å². The molecule has 1 atom stereocenters. The number of benzene rings is 3. The topological polar surface area (TPSA) is 77.1 Å². The summed E-state index contributed by atoms with van der Waals surface area (Å²) in [5.74, 6) is 1.73. The van der Waals surface area contributed by atoms with Crippen LogP contribution in [0, 0.1) is 6.92 Å². The molecule has 0 fully saturated rings. The van der Waals surface area contributed by atoms with E-state index < -0.39 is 6.10 Å². The van der Waals surface area contributed by atoms with Crippen LogP contribution in [0.25, 0.3) is 0 Å². The van der Waals surface area contributed by atoms with Crippen molar-refractivity contribution >= 4 is 23.2 Å². The first-order valence-electron chi connectivity index (χ1n) is 11.3. The Balaban J connectivity index is 1.35. The highest BCUT2D eigenvalue weighted by Gasteiger charge is 2.31. The molecule has 1 aliphatic rings. The molecular formula is C27H28N2O5. The maximum atomic E-state index is 12.7. The number of para-hydroxylation sites is 1. The first-order valence-corrected chi connectivity index (χ1v) is 11.3. The number of aryl methyl sites for hydroxylation is 1. The molecule has 0 radical (unpaired) electrons. The van der Waals surface area contributed by atoms with Crippen LogP contribution in [0.2, 0.25) is 0 Å². The maximum absolute atomic E-state index is 12.7. The Kier molecular flexibility index (Phi) is 7.32. The van der Waals surface area contributed by atoms with Crippen molar-refractivity contribution in [2.75, 3.05) is 30.0 Å². The first-order chi connectivity index (χ1) is 16.5. The fraction of sp³-hybridized carbons (Fsp3) is 0.259. The number of carbonyl (C=O) groups is 2. The lowest BCUT2D eigenvalue weighted by molar-refractivity contribution is -0.125. The molecule has 34 heavy (non-hydrogen) atoms. The normalized spacial score (nSPS) is 14.7. The summed E-state index contributed by atoms with van der Waals surface area (Å²) in [6.07, 6.45) is -0.415. The molecular weight excluding hydrogens is 432 g/mol. The summed E-state index contributed by atoms with van der Waals surface area (Å²) in [5, 5.41) is 2.86. The summed E-state index contributed by atoms with van der Waals surface area (Å²) in [4.78, 5) is 26.7. The third kappa shape index (κ3) is 5.86. The van der Waals surface area contributed by atoms with Crippen molar-refractivity contribution < 1.29 is 23.8 Å². The lowest BCUT2D eigenvalue weighted by Gasteiger charge is -2.33. The van der Waals surface area contributed by atoms with E-state index in [0.717, 1.165) is 17.1 Å². The number of amides is 2. The number of rotatable bonds is 9. The Labute approximate surface area is 199 Å². The van der Waals surface area contributed by atoms with Crippen molar-refractivity contribution in [1.82, 2.24) is 0 Å². The molecule has 7 heteroatoms. The molecule has 3 aromatic rings. The van der Waals surface area contributed by atoms with E-state index in [1.165, 1.54) is 0 Å². The van der Waals surface area contributed by atoms with E-state index in [1.54, 1.807) is 30.0 Å². The Hall–Kier alpha value is -4.00. The van der Waals surface area contributed by atoms with Gasteiger partial charge in [-0.15, -0.1) is 0 Å². The summed E-state index contributed by atoms with van der Waals surface area (Å²) in [6, 6.07) is 22.4. The van der Waals surface area contributed by atoms with Crippen LogP contribution in [0.4, 0.5) is 11.4 Å². The predicted molar refractivity (Wildman–Crippen MR) is 131 cm³/mol. The molecule has 7 nitrogen and oxygen atoms in total. The van der Waals surface area contributed by atoms with Gasteiger partial charge in [-0.3, -0.25) is 9.59 Å². The average molecular weight is 461 g/mol. The number of hydrogen-bond acceptors (Lipinski definition) is 5. The minimum Gasteiger partial charge on any atom is -0.493 e. The van der Waals surface area contributed by atoms with Gasteiger partial charge in [-0.1, -0.05) is 35.9 Å². The molecule has 4 rings (SSSR count). The molecule has 1 unspecified atom stereocenters. The van der Waals surface area contributed by atoms with Gasteiger partial charge in [0.2, 0.25) is 5.91 Å². The van der Waals surface area contributed by atoms with E-state index in [9.17, 15) is 9.59 Å². The van der Waals surface area contributed by atoms with Crippen LogP contribution in [0.15, 0.2) is 72.8 Å². The summed E-state index contributed by atoms with van der Waals surface area (Å²) in [5.41, 5.74) is 2.41. The van der Waals surface area contributed by atoms with Gasteiger partial charge in [0.1, 0.15) is 23.9 Å². The van der Waals surface area contributed by atoms with Gasteiger partial charge >= 0.3 is 0 Å². The van der Waals surface area contributed by atoms with E-state index in [4.69, 9.17) is 14.2 Å². The highest BCUT2D eigenvalue weighted by molar-refractivity contribution is 6.00. The second-order valence-corrected chi connectivity index (χ2v) is 8.05. The Morgan fingerprint density at radius 1 is 0.971 bits per heavy atom. The van der Waals surface area contributed by atoms with Gasteiger partial charge in [-0.2, -0.15) is 0 Å². The molecule has 0 aliphatic carbocycles. The van der Waals surface area contributed by atoms with Crippen molar-refractivity contribution in [3.8, 4) is 17.2 Å². The van der Waals surface area contributed by atoms with Crippen LogP contribution in [0.5, 0.6) is 17.2 Å². The molecule has 1 N–H and O–H groups in total. The van der Waals surface area contributed by atoms with Crippen molar-refractivity contribution in [3.05, 3.63) is 78.4 Å². The average Bonchev–Trinajstić information content (AvgIpc) is 2.83. The van der Waals surface area contributed by atoms with Gasteiger partial charge in [0.15, 0.2) is 6.10 Å². The molecule has 1 aliphatic heterocycles.